The number of aromatic nitrogens is 2. The normalized spacial score (nSPS) is 34.0. The van der Waals surface area contributed by atoms with E-state index in [9.17, 15) is 4.79 Å². The summed E-state index contributed by atoms with van der Waals surface area (Å²) in [4.78, 5) is 11.5. The van der Waals surface area contributed by atoms with Crippen molar-refractivity contribution in [3.63, 3.8) is 0 Å². The average molecular weight is 204 g/mol. The van der Waals surface area contributed by atoms with Crippen LogP contribution in [0.15, 0.2) is 6.20 Å². The summed E-state index contributed by atoms with van der Waals surface area (Å²) >= 11 is 0. The van der Waals surface area contributed by atoms with Crippen molar-refractivity contribution in [3.8, 4) is 0 Å². The van der Waals surface area contributed by atoms with Gasteiger partial charge in [0.1, 0.15) is 5.78 Å². The summed E-state index contributed by atoms with van der Waals surface area (Å²) in [6.07, 6.45) is 5.65. The molecule has 0 bridgehead atoms. The van der Waals surface area contributed by atoms with E-state index in [2.05, 4.69) is 18.2 Å². The maximum atomic E-state index is 11.5. The quantitative estimate of drug-likeness (QED) is 0.643. The van der Waals surface area contributed by atoms with Crippen LogP contribution in [-0.4, -0.2) is 15.6 Å². The number of rotatable bonds is 0. The molecule has 80 valence electrons. The van der Waals surface area contributed by atoms with Gasteiger partial charge in [-0.3, -0.25) is 9.48 Å². The predicted molar refractivity (Wildman–Crippen MR) is 56.6 cm³/mol. The van der Waals surface area contributed by atoms with Crippen molar-refractivity contribution in [2.75, 3.05) is 0 Å². The SMILES string of the molecule is Cn1cc2c(n1)C1(C)CCC(=O)CC1C2. The van der Waals surface area contributed by atoms with Gasteiger partial charge in [-0.15, -0.1) is 0 Å². The van der Waals surface area contributed by atoms with Crippen molar-refractivity contribution in [3.05, 3.63) is 17.5 Å². The summed E-state index contributed by atoms with van der Waals surface area (Å²) in [6.45, 7) is 2.28. The molecule has 1 heterocycles. The first-order valence-electron chi connectivity index (χ1n) is 5.64. The Morgan fingerprint density at radius 2 is 2.33 bits per heavy atom. The largest absolute Gasteiger partial charge is 0.300 e. The van der Waals surface area contributed by atoms with Gasteiger partial charge in [0.05, 0.1) is 5.69 Å². The number of carbonyl (C=O) groups excluding carboxylic acids is 1. The Kier molecular flexibility index (Phi) is 1.65. The summed E-state index contributed by atoms with van der Waals surface area (Å²) < 4.78 is 1.91. The Labute approximate surface area is 89.5 Å². The zero-order chi connectivity index (χ0) is 10.6. The molecule has 0 radical (unpaired) electrons. The molecule has 3 rings (SSSR count). The Bertz CT molecular complexity index is 435. The molecule has 0 spiro atoms. The van der Waals surface area contributed by atoms with Crippen LogP contribution in [-0.2, 0) is 23.7 Å². The lowest BCUT2D eigenvalue weighted by Crippen LogP contribution is -2.35. The summed E-state index contributed by atoms with van der Waals surface area (Å²) in [5.74, 6) is 0.949. The number of nitrogens with zero attached hydrogens (tertiary/aromatic N) is 2. The van der Waals surface area contributed by atoms with Crippen LogP contribution in [0.4, 0.5) is 0 Å². The smallest absolute Gasteiger partial charge is 0.133 e. The molecule has 3 heteroatoms. The highest BCUT2D eigenvalue weighted by atomic mass is 16.1. The minimum absolute atomic E-state index is 0.171. The molecule has 0 aliphatic heterocycles. The van der Waals surface area contributed by atoms with E-state index in [1.807, 2.05) is 11.7 Å². The Morgan fingerprint density at radius 1 is 1.53 bits per heavy atom. The van der Waals surface area contributed by atoms with Gasteiger partial charge >= 0.3 is 0 Å². The van der Waals surface area contributed by atoms with Gasteiger partial charge in [0.2, 0.25) is 0 Å². The van der Waals surface area contributed by atoms with Gasteiger partial charge in [-0.05, 0) is 24.3 Å². The van der Waals surface area contributed by atoms with Gasteiger partial charge < -0.3 is 0 Å². The Hall–Kier alpha value is -1.12. The summed E-state index contributed by atoms with van der Waals surface area (Å²) in [6, 6.07) is 0. The van der Waals surface area contributed by atoms with Gasteiger partial charge in [0.15, 0.2) is 0 Å². The van der Waals surface area contributed by atoms with Gasteiger partial charge in [0.25, 0.3) is 0 Å². The zero-order valence-electron chi connectivity index (χ0n) is 9.29. The molecule has 1 fully saturated rings. The van der Waals surface area contributed by atoms with Gasteiger partial charge in [0, 0.05) is 31.5 Å². The van der Waals surface area contributed by atoms with E-state index in [4.69, 9.17) is 0 Å². The van der Waals surface area contributed by atoms with E-state index in [1.54, 1.807) is 0 Å². The molecule has 2 unspecified atom stereocenters. The lowest BCUT2D eigenvalue weighted by molar-refractivity contribution is -0.122. The molecular formula is C12H16N2O. The Balaban J connectivity index is 2.05. The molecule has 15 heavy (non-hydrogen) atoms. The van der Waals surface area contributed by atoms with Gasteiger partial charge in [-0.2, -0.15) is 5.10 Å². The van der Waals surface area contributed by atoms with E-state index in [-0.39, 0.29) is 5.41 Å². The molecule has 2 aliphatic carbocycles. The fourth-order valence-corrected chi connectivity index (χ4v) is 3.25. The highest BCUT2D eigenvalue weighted by Gasteiger charge is 2.48. The van der Waals surface area contributed by atoms with Crippen LogP contribution in [0.2, 0.25) is 0 Å². The van der Waals surface area contributed by atoms with Crippen molar-refractivity contribution < 1.29 is 4.79 Å². The molecule has 0 saturated heterocycles. The Morgan fingerprint density at radius 3 is 3.13 bits per heavy atom. The number of Topliss-reactive ketones (excluding diaryl/α,β-unsaturated/α-hetero) is 1. The molecular weight excluding hydrogens is 188 g/mol. The first kappa shape index (κ1) is 9.13. The fraction of sp³-hybridized carbons (Fsp3) is 0.667. The van der Waals surface area contributed by atoms with Crippen LogP contribution in [0.1, 0.15) is 37.4 Å². The van der Waals surface area contributed by atoms with E-state index in [0.29, 0.717) is 11.7 Å². The average Bonchev–Trinajstić information content (AvgIpc) is 2.63. The number of fused-ring (bicyclic) bond motifs is 3. The highest BCUT2D eigenvalue weighted by molar-refractivity contribution is 5.80. The van der Waals surface area contributed by atoms with Gasteiger partial charge in [-0.1, -0.05) is 6.92 Å². The van der Waals surface area contributed by atoms with Crippen LogP contribution in [0.3, 0.4) is 0 Å². The second-order valence-corrected chi connectivity index (χ2v) is 5.24. The molecule has 3 nitrogen and oxygen atoms in total. The molecule has 2 atom stereocenters. The maximum Gasteiger partial charge on any atom is 0.133 e. The molecule has 0 N–H and O–H groups in total. The third-order valence-corrected chi connectivity index (χ3v) is 4.21. The first-order chi connectivity index (χ1) is 7.09. The number of ketones is 1. The third-order valence-electron chi connectivity index (χ3n) is 4.21. The number of hydrogen-bond acceptors (Lipinski definition) is 2. The lowest BCUT2D eigenvalue weighted by atomic mass is 9.68. The number of aryl methyl sites for hydroxylation is 1. The van der Waals surface area contributed by atoms with Crippen LogP contribution < -0.4 is 0 Å². The molecule has 1 aromatic rings. The molecule has 1 aromatic heterocycles. The van der Waals surface area contributed by atoms with E-state index in [1.165, 1.54) is 11.3 Å². The van der Waals surface area contributed by atoms with Crippen molar-refractivity contribution in [2.24, 2.45) is 13.0 Å². The van der Waals surface area contributed by atoms with Crippen molar-refractivity contribution in [2.45, 2.75) is 38.0 Å². The standard InChI is InChI=1S/C12H16N2O/c1-12-4-3-10(15)6-9(12)5-8-7-14(2)13-11(8)12/h7,9H,3-6H2,1-2H3. The van der Waals surface area contributed by atoms with Crippen LogP contribution >= 0.6 is 0 Å². The fourth-order valence-electron chi connectivity index (χ4n) is 3.25. The van der Waals surface area contributed by atoms with Crippen LogP contribution in [0.5, 0.6) is 0 Å². The molecule has 0 aromatic carbocycles. The summed E-state index contributed by atoms with van der Waals surface area (Å²) in [7, 11) is 1.98. The van der Waals surface area contributed by atoms with Crippen molar-refractivity contribution in [1.29, 1.82) is 0 Å². The van der Waals surface area contributed by atoms with E-state index < -0.39 is 0 Å². The lowest BCUT2D eigenvalue weighted by Gasteiger charge is -2.35. The molecule has 1 saturated carbocycles. The highest BCUT2D eigenvalue weighted by Crippen LogP contribution is 2.49. The monoisotopic (exact) mass is 204 g/mol. The summed E-state index contributed by atoms with van der Waals surface area (Å²) in [5.41, 5.74) is 2.78. The minimum Gasteiger partial charge on any atom is -0.300 e. The van der Waals surface area contributed by atoms with E-state index in [0.717, 1.165) is 25.7 Å². The second kappa shape index (κ2) is 2.71. The number of carbonyl (C=O) groups is 1. The van der Waals surface area contributed by atoms with Crippen molar-refractivity contribution in [1.82, 2.24) is 9.78 Å². The van der Waals surface area contributed by atoms with E-state index >= 15 is 0 Å². The first-order valence-corrected chi connectivity index (χ1v) is 5.64. The number of hydrogen-bond donors (Lipinski definition) is 0. The maximum absolute atomic E-state index is 11.5. The molecule has 2 aliphatic rings. The van der Waals surface area contributed by atoms with Crippen LogP contribution in [0, 0.1) is 5.92 Å². The minimum atomic E-state index is 0.171. The second-order valence-electron chi connectivity index (χ2n) is 5.24. The third kappa shape index (κ3) is 1.12. The van der Waals surface area contributed by atoms with Gasteiger partial charge in [-0.25, -0.2) is 0 Å². The molecule has 0 amide bonds. The van der Waals surface area contributed by atoms with Crippen molar-refractivity contribution >= 4 is 5.78 Å². The summed E-state index contributed by atoms with van der Waals surface area (Å²) in [5, 5.41) is 4.58. The topological polar surface area (TPSA) is 34.9 Å². The predicted octanol–water partition coefficient (Wildman–Crippen LogP) is 1.60. The van der Waals surface area contributed by atoms with Crippen LogP contribution in [0.25, 0.3) is 0 Å². The zero-order valence-corrected chi connectivity index (χ0v) is 9.29.